The molecule has 0 unspecified atom stereocenters. The molecular weight excluding hydrogens is 256 g/mol. The minimum Gasteiger partial charge on any atom is -0.496 e. The third kappa shape index (κ3) is 1.71. The van der Waals surface area contributed by atoms with Crippen molar-refractivity contribution in [2.75, 3.05) is 7.11 Å². The summed E-state index contributed by atoms with van der Waals surface area (Å²) in [7, 11) is 1.63. The van der Waals surface area contributed by atoms with Crippen LogP contribution in [0.15, 0.2) is 22.8 Å². The molecule has 4 heteroatoms. The SMILES string of the molecule is COc1cc2c(CC#N)c[nH]c2cc1Br. The van der Waals surface area contributed by atoms with Crippen LogP contribution in [0.25, 0.3) is 10.9 Å². The van der Waals surface area contributed by atoms with Crippen molar-refractivity contribution in [1.82, 2.24) is 4.98 Å². The number of rotatable bonds is 2. The molecule has 15 heavy (non-hydrogen) atoms. The summed E-state index contributed by atoms with van der Waals surface area (Å²) in [6.45, 7) is 0. The van der Waals surface area contributed by atoms with E-state index in [4.69, 9.17) is 10.00 Å². The third-order valence-electron chi connectivity index (χ3n) is 2.31. The van der Waals surface area contributed by atoms with Gasteiger partial charge in [0, 0.05) is 17.1 Å². The standard InChI is InChI=1S/C11H9BrN2O/c1-15-11-4-8-7(2-3-13)6-14-10(8)5-9(11)12/h4-6,14H,2H2,1H3. The molecule has 1 aromatic carbocycles. The van der Waals surface area contributed by atoms with E-state index in [2.05, 4.69) is 27.0 Å². The molecule has 1 heterocycles. The van der Waals surface area contributed by atoms with Crippen LogP contribution in [-0.4, -0.2) is 12.1 Å². The predicted molar refractivity (Wildman–Crippen MR) is 61.9 cm³/mol. The summed E-state index contributed by atoms with van der Waals surface area (Å²) in [4.78, 5) is 3.13. The summed E-state index contributed by atoms with van der Waals surface area (Å²) < 4.78 is 6.12. The number of nitriles is 1. The number of halogens is 1. The second-order valence-corrected chi connectivity index (χ2v) is 4.04. The van der Waals surface area contributed by atoms with Gasteiger partial charge in [0.1, 0.15) is 5.75 Å². The Morgan fingerprint density at radius 3 is 3.00 bits per heavy atom. The van der Waals surface area contributed by atoms with Crippen LogP contribution in [0.2, 0.25) is 0 Å². The average molecular weight is 265 g/mol. The molecule has 0 saturated heterocycles. The Morgan fingerprint density at radius 1 is 1.53 bits per heavy atom. The Bertz CT molecular complexity index is 539. The lowest BCUT2D eigenvalue weighted by Gasteiger charge is -2.03. The Morgan fingerprint density at radius 2 is 2.33 bits per heavy atom. The summed E-state index contributed by atoms with van der Waals surface area (Å²) >= 11 is 3.42. The minimum atomic E-state index is 0.408. The molecule has 76 valence electrons. The molecule has 0 spiro atoms. The van der Waals surface area contributed by atoms with Crippen molar-refractivity contribution in [3.63, 3.8) is 0 Å². The van der Waals surface area contributed by atoms with Crippen LogP contribution in [0.1, 0.15) is 5.56 Å². The quantitative estimate of drug-likeness (QED) is 0.907. The monoisotopic (exact) mass is 264 g/mol. The smallest absolute Gasteiger partial charge is 0.133 e. The molecule has 1 aromatic heterocycles. The van der Waals surface area contributed by atoms with Crippen molar-refractivity contribution >= 4 is 26.8 Å². The van der Waals surface area contributed by atoms with E-state index >= 15 is 0 Å². The number of hydrogen-bond acceptors (Lipinski definition) is 2. The minimum absolute atomic E-state index is 0.408. The van der Waals surface area contributed by atoms with Crippen LogP contribution in [-0.2, 0) is 6.42 Å². The normalized spacial score (nSPS) is 10.2. The van der Waals surface area contributed by atoms with Crippen LogP contribution in [0.3, 0.4) is 0 Å². The average Bonchev–Trinajstić information content (AvgIpc) is 2.60. The fourth-order valence-electron chi connectivity index (χ4n) is 1.57. The van der Waals surface area contributed by atoms with E-state index in [1.165, 1.54) is 0 Å². The molecule has 3 nitrogen and oxygen atoms in total. The van der Waals surface area contributed by atoms with Crippen LogP contribution >= 0.6 is 15.9 Å². The van der Waals surface area contributed by atoms with Gasteiger partial charge in [0.15, 0.2) is 0 Å². The van der Waals surface area contributed by atoms with E-state index in [9.17, 15) is 0 Å². The Hall–Kier alpha value is -1.47. The maximum Gasteiger partial charge on any atom is 0.133 e. The highest BCUT2D eigenvalue weighted by Crippen LogP contribution is 2.31. The third-order valence-corrected chi connectivity index (χ3v) is 2.93. The van der Waals surface area contributed by atoms with Crippen LogP contribution in [0.5, 0.6) is 5.75 Å². The summed E-state index contributed by atoms with van der Waals surface area (Å²) in [6.07, 6.45) is 2.27. The zero-order valence-corrected chi connectivity index (χ0v) is 9.76. The van der Waals surface area contributed by atoms with Gasteiger partial charge in [0.25, 0.3) is 0 Å². The Balaban J connectivity index is 2.65. The molecule has 0 aliphatic heterocycles. The molecule has 0 amide bonds. The fourth-order valence-corrected chi connectivity index (χ4v) is 2.07. The van der Waals surface area contributed by atoms with Crippen molar-refractivity contribution < 1.29 is 4.74 Å². The maximum absolute atomic E-state index is 8.67. The number of H-pyrrole nitrogens is 1. The molecule has 0 aliphatic rings. The van der Waals surface area contributed by atoms with E-state index in [1.807, 2.05) is 18.3 Å². The van der Waals surface area contributed by atoms with Crippen LogP contribution in [0.4, 0.5) is 0 Å². The fraction of sp³-hybridized carbons (Fsp3) is 0.182. The highest BCUT2D eigenvalue weighted by molar-refractivity contribution is 9.10. The maximum atomic E-state index is 8.67. The van der Waals surface area contributed by atoms with Gasteiger partial charge in [-0.15, -0.1) is 0 Å². The molecule has 0 aliphatic carbocycles. The number of methoxy groups -OCH3 is 1. The first-order chi connectivity index (χ1) is 7.26. The van der Waals surface area contributed by atoms with Gasteiger partial charge in [0.2, 0.25) is 0 Å². The number of hydrogen-bond donors (Lipinski definition) is 1. The van der Waals surface area contributed by atoms with E-state index < -0.39 is 0 Å². The lowest BCUT2D eigenvalue weighted by atomic mass is 10.1. The number of ether oxygens (including phenoxy) is 1. The van der Waals surface area contributed by atoms with Crippen LogP contribution < -0.4 is 4.74 Å². The molecule has 2 aromatic rings. The first kappa shape index (κ1) is 10.1. The van der Waals surface area contributed by atoms with E-state index in [0.29, 0.717) is 6.42 Å². The van der Waals surface area contributed by atoms with Gasteiger partial charge in [-0.1, -0.05) is 0 Å². The van der Waals surface area contributed by atoms with Crippen molar-refractivity contribution in [2.45, 2.75) is 6.42 Å². The zero-order valence-electron chi connectivity index (χ0n) is 8.17. The van der Waals surface area contributed by atoms with Crippen molar-refractivity contribution in [1.29, 1.82) is 5.26 Å². The highest BCUT2D eigenvalue weighted by Gasteiger charge is 2.07. The van der Waals surface area contributed by atoms with Gasteiger partial charge in [-0.2, -0.15) is 5.26 Å². The Kier molecular flexibility index (Phi) is 2.65. The first-order valence-corrected chi connectivity index (χ1v) is 5.26. The topological polar surface area (TPSA) is 48.8 Å². The second-order valence-electron chi connectivity index (χ2n) is 3.18. The molecule has 2 rings (SSSR count). The lowest BCUT2D eigenvalue weighted by molar-refractivity contribution is 0.413. The molecule has 0 atom stereocenters. The second kappa shape index (κ2) is 3.95. The number of aromatic nitrogens is 1. The van der Waals surface area contributed by atoms with Gasteiger partial charge < -0.3 is 9.72 Å². The van der Waals surface area contributed by atoms with Gasteiger partial charge in [-0.25, -0.2) is 0 Å². The van der Waals surface area contributed by atoms with E-state index in [0.717, 1.165) is 26.7 Å². The lowest BCUT2D eigenvalue weighted by Crippen LogP contribution is -1.85. The number of nitrogens with one attached hydrogen (secondary N) is 1. The van der Waals surface area contributed by atoms with Crippen molar-refractivity contribution in [3.05, 3.63) is 28.4 Å². The van der Waals surface area contributed by atoms with Gasteiger partial charge in [0.05, 0.1) is 24.1 Å². The first-order valence-electron chi connectivity index (χ1n) is 4.46. The van der Waals surface area contributed by atoms with Crippen LogP contribution in [0, 0.1) is 11.3 Å². The number of benzene rings is 1. The largest absolute Gasteiger partial charge is 0.496 e. The van der Waals surface area contributed by atoms with Crippen molar-refractivity contribution in [3.8, 4) is 11.8 Å². The molecule has 0 bridgehead atoms. The highest BCUT2D eigenvalue weighted by atomic mass is 79.9. The van der Waals surface area contributed by atoms with Gasteiger partial charge in [-0.05, 0) is 33.6 Å². The number of fused-ring (bicyclic) bond motifs is 1. The molecule has 0 saturated carbocycles. The van der Waals surface area contributed by atoms with E-state index in [-0.39, 0.29) is 0 Å². The number of aromatic amines is 1. The van der Waals surface area contributed by atoms with Gasteiger partial charge >= 0.3 is 0 Å². The Labute approximate surface area is 95.8 Å². The van der Waals surface area contributed by atoms with Crippen molar-refractivity contribution in [2.24, 2.45) is 0 Å². The molecular formula is C11H9BrN2O. The predicted octanol–water partition coefficient (Wildman–Crippen LogP) is 3.01. The summed E-state index contributed by atoms with van der Waals surface area (Å²) in [5.41, 5.74) is 2.01. The molecule has 1 N–H and O–H groups in total. The summed E-state index contributed by atoms with van der Waals surface area (Å²) in [5, 5.41) is 9.71. The molecule has 0 radical (unpaired) electrons. The van der Waals surface area contributed by atoms with Gasteiger partial charge in [-0.3, -0.25) is 0 Å². The molecule has 0 fully saturated rings. The number of nitrogens with zero attached hydrogens (tertiary/aromatic N) is 1. The van der Waals surface area contributed by atoms with E-state index in [1.54, 1.807) is 7.11 Å². The summed E-state index contributed by atoms with van der Waals surface area (Å²) in [6, 6.07) is 6.03. The zero-order chi connectivity index (χ0) is 10.8. The summed E-state index contributed by atoms with van der Waals surface area (Å²) in [5.74, 6) is 0.779.